The molecular formula is C12H22O5. The molecule has 5 heteroatoms. The van der Waals surface area contributed by atoms with Crippen LogP contribution in [-0.4, -0.2) is 34.9 Å². The lowest BCUT2D eigenvalue weighted by atomic mass is 10.1. The number of esters is 1. The average molecular weight is 246 g/mol. The van der Waals surface area contributed by atoms with Gasteiger partial charge in [-0.25, -0.2) is 4.79 Å². The van der Waals surface area contributed by atoms with Crippen LogP contribution in [0.15, 0.2) is 0 Å². The minimum atomic E-state index is -1.02. The Kier molecular flexibility index (Phi) is 9.43. The van der Waals surface area contributed by atoms with Gasteiger partial charge in [0, 0.05) is 6.42 Å². The maximum Gasteiger partial charge on any atom is 0.334 e. The molecule has 0 saturated heterocycles. The molecule has 0 bridgehead atoms. The molecule has 5 nitrogen and oxygen atoms in total. The third kappa shape index (κ3) is 9.81. The topological polar surface area (TPSA) is 83.8 Å². The summed E-state index contributed by atoms with van der Waals surface area (Å²) < 4.78 is 4.67. The summed E-state index contributed by atoms with van der Waals surface area (Å²) in [4.78, 5) is 21.3. The predicted octanol–water partition coefficient (Wildman–Crippen LogP) is 1.73. The Morgan fingerprint density at radius 3 is 2.29 bits per heavy atom. The summed E-state index contributed by atoms with van der Waals surface area (Å²) in [6, 6.07) is 0. The highest BCUT2D eigenvalue weighted by Crippen LogP contribution is 2.09. The number of aliphatic carboxylic acids is 1. The standard InChI is InChI=1S/C12H22O5/c1-2-17-12(16)10(13)8-6-4-3-5-7-9-11(14)15/h10,13H,2-9H2,1H3,(H,14,15). The van der Waals surface area contributed by atoms with E-state index in [1.165, 1.54) is 0 Å². The van der Waals surface area contributed by atoms with Crippen LogP contribution in [0.25, 0.3) is 0 Å². The molecule has 100 valence electrons. The van der Waals surface area contributed by atoms with Crippen molar-refractivity contribution in [3.8, 4) is 0 Å². The highest BCUT2D eigenvalue weighted by Gasteiger charge is 2.14. The molecule has 0 saturated carbocycles. The minimum Gasteiger partial charge on any atom is -0.481 e. The van der Waals surface area contributed by atoms with Crippen LogP contribution in [0.4, 0.5) is 0 Å². The van der Waals surface area contributed by atoms with Crippen molar-refractivity contribution in [2.45, 2.75) is 58.0 Å². The number of carbonyl (C=O) groups is 2. The SMILES string of the molecule is CCOC(=O)C(O)CCCCCCCC(=O)O. The van der Waals surface area contributed by atoms with Gasteiger partial charge in [0.15, 0.2) is 6.10 Å². The van der Waals surface area contributed by atoms with Crippen LogP contribution in [0, 0.1) is 0 Å². The van der Waals surface area contributed by atoms with Crippen molar-refractivity contribution >= 4 is 11.9 Å². The molecule has 1 atom stereocenters. The second-order valence-electron chi connectivity index (χ2n) is 3.97. The lowest BCUT2D eigenvalue weighted by Crippen LogP contribution is -2.22. The molecule has 0 spiro atoms. The number of unbranched alkanes of at least 4 members (excludes halogenated alkanes) is 4. The van der Waals surface area contributed by atoms with Gasteiger partial charge in [-0.2, -0.15) is 0 Å². The van der Waals surface area contributed by atoms with E-state index in [9.17, 15) is 14.7 Å². The highest BCUT2D eigenvalue weighted by molar-refractivity contribution is 5.74. The Morgan fingerprint density at radius 1 is 1.12 bits per heavy atom. The smallest absolute Gasteiger partial charge is 0.334 e. The van der Waals surface area contributed by atoms with Gasteiger partial charge in [-0.1, -0.05) is 25.7 Å². The van der Waals surface area contributed by atoms with Crippen LogP contribution in [-0.2, 0) is 14.3 Å². The highest BCUT2D eigenvalue weighted by atomic mass is 16.5. The second kappa shape index (κ2) is 10.1. The Balaban J connectivity index is 3.33. The Labute approximate surface area is 102 Å². The fourth-order valence-corrected chi connectivity index (χ4v) is 1.50. The largest absolute Gasteiger partial charge is 0.481 e. The van der Waals surface area contributed by atoms with Crippen LogP contribution in [0.5, 0.6) is 0 Å². The Hall–Kier alpha value is -1.10. The van der Waals surface area contributed by atoms with E-state index >= 15 is 0 Å². The number of aliphatic hydroxyl groups excluding tert-OH is 1. The molecule has 0 aromatic carbocycles. The van der Waals surface area contributed by atoms with E-state index < -0.39 is 18.0 Å². The number of hydrogen-bond donors (Lipinski definition) is 2. The van der Waals surface area contributed by atoms with Crippen LogP contribution in [0.1, 0.15) is 51.9 Å². The third-order valence-corrected chi connectivity index (χ3v) is 2.43. The predicted molar refractivity (Wildman–Crippen MR) is 62.6 cm³/mol. The summed E-state index contributed by atoms with van der Waals surface area (Å²) in [6.45, 7) is 1.98. The van der Waals surface area contributed by atoms with Crippen LogP contribution < -0.4 is 0 Å². The van der Waals surface area contributed by atoms with E-state index in [4.69, 9.17) is 5.11 Å². The van der Waals surface area contributed by atoms with Gasteiger partial charge in [0.25, 0.3) is 0 Å². The Bertz CT molecular complexity index is 227. The fraction of sp³-hybridized carbons (Fsp3) is 0.833. The summed E-state index contributed by atoms with van der Waals surface area (Å²) in [5.74, 6) is -1.32. The third-order valence-electron chi connectivity index (χ3n) is 2.43. The van der Waals surface area contributed by atoms with Crippen LogP contribution >= 0.6 is 0 Å². The van der Waals surface area contributed by atoms with Gasteiger partial charge in [0.1, 0.15) is 0 Å². The number of ether oxygens (including phenoxy) is 1. The van der Waals surface area contributed by atoms with Crippen molar-refractivity contribution in [2.75, 3.05) is 6.61 Å². The van der Waals surface area contributed by atoms with Gasteiger partial charge in [-0.3, -0.25) is 4.79 Å². The molecule has 0 aliphatic rings. The van der Waals surface area contributed by atoms with Crippen molar-refractivity contribution in [3.63, 3.8) is 0 Å². The van der Waals surface area contributed by atoms with E-state index in [0.717, 1.165) is 25.7 Å². The number of hydrogen-bond acceptors (Lipinski definition) is 4. The van der Waals surface area contributed by atoms with Crippen molar-refractivity contribution in [3.05, 3.63) is 0 Å². The monoisotopic (exact) mass is 246 g/mol. The first-order chi connectivity index (χ1) is 8.07. The van der Waals surface area contributed by atoms with Gasteiger partial charge in [-0.05, 0) is 19.8 Å². The summed E-state index contributed by atoms with van der Waals surface area (Å²) in [5.41, 5.74) is 0. The molecule has 0 heterocycles. The molecular weight excluding hydrogens is 224 g/mol. The number of carbonyl (C=O) groups excluding carboxylic acids is 1. The van der Waals surface area contributed by atoms with Crippen LogP contribution in [0.3, 0.4) is 0 Å². The van der Waals surface area contributed by atoms with Crippen molar-refractivity contribution in [1.82, 2.24) is 0 Å². The van der Waals surface area contributed by atoms with E-state index in [1.54, 1.807) is 6.92 Å². The number of aliphatic hydroxyl groups is 1. The Morgan fingerprint density at radius 2 is 1.71 bits per heavy atom. The van der Waals surface area contributed by atoms with Crippen molar-refractivity contribution < 1.29 is 24.5 Å². The quantitative estimate of drug-likeness (QED) is 0.453. The number of carboxylic acid groups (broad SMARTS) is 1. The zero-order chi connectivity index (χ0) is 13.1. The fourth-order valence-electron chi connectivity index (χ4n) is 1.50. The second-order valence-corrected chi connectivity index (χ2v) is 3.97. The zero-order valence-electron chi connectivity index (χ0n) is 10.4. The zero-order valence-corrected chi connectivity index (χ0v) is 10.4. The maximum atomic E-state index is 11.0. The van der Waals surface area contributed by atoms with Gasteiger partial charge in [0.2, 0.25) is 0 Å². The summed E-state index contributed by atoms with van der Waals surface area (Å²) in [6.07, 6.45) is 3.76. The van der Waals surface area contributed by atoms with Gasteiger partial charge < -0.3 is 14.9 Å². The minimum absolute atomic E-state index is 0.214. The average Bonchev–Trinajstić information content (AvgIpc) is 2.27. The first-order valence-corrected chi connectivity index (χ1v) is 6.14. The molecule has 0 amide bonds. The first kappa shape index (κ1) is 15.9. The lowest BCUT2D eigenvalue weighted by Gasteiger charge is -2.08. The molecule has 0 aliphatic heterocycles. The van der Waals surface area contributed by atoms with Gasteiger partial charge in [0.05, 0.1) is 6.61 Å². The van der Waals surface area contributed by atoms with E-state index in [1.807, 2.05) is 0 Å². The van der Waals surface area contributed by atoms with Crippen molar-refractivity contribution in [1.29, 1.82) is 0 Å². The molecule has 0 aromatic rings. The van der Waals surface area contributed by atoms with Gasteiger partial charge >= 0.3 is 11.9 Å². The maximum absolute atomic E-state index is 11.0. The molecule has 2 N–H and O–H groups in total. The van der Waals surface area contributed by atoms with E-state index in [2.05, 4.69) is 4.74 Å². The molecule has 0 aliphatic carbocycles. The normalized spacial score (nSPS) is 12.1. The van der Waals surface area contributed by atoms with E-state index in [-0.39, 0.29) is 13.0 Å². The van der Waals surface area contributed by atoms with Crippen LogP contribution in [0.2, 0.25) is 0 Å². The first-order valence-electron chi connectivity index (χ1n) is 6.14. The molecule has 0 radical (unpaired) electrons. The number of rotatable bonds is 10. The molecule has 17 heavy (non-hydrogen) atoms. The summed E-state index contributed by atoms with van der Waals surface area (Å²) in [7, 11) is 0. The molecule has 0 rings (SSSR count). The number of carboxylic acids is 1. The lowest BCUT2D eigenvalue weighted by molar-refractivity contribution is -0.153. The van der Waals surface area contributed by atoms with Crippen molar-refractivity contribution in [2.24, 2.45) is 0 Å². The van der Waals surface area contributed by atoms with E-state index in [0.29, 0.717) is 12.8 Å². The molecule has 0 fully saturated rings. The van der Waals surface area contributed by atoms with Gasteiger partial charge in [-0.15, -0.1) is 0 Å². The summed E-state index contributed by atoms with van der Waals surface area (Å²) in [5, 5.41) is 17.8. The molecule has 0 aromatic heterocycles. The summed E-state index contributed by atoms with van der Waals surface area (Å²) >= 11 is 0. The molecule has 1 unspecified atom stereocenters.